The van der Waals surface area contributed by atoms with E-state index >= 15 is 0 Å². The molecule has 0 N–H and O–H groups in total. The topological polar surface area (TPSA) is 17.1 Å². The Morgan fingerprint density at radius 3 is 1.77 bits per heavy atom. The van der Waals surface area contributed by atoms with Gasteiger partial charge in [0, 0.05) is 6.42 Å². The van der Waals surface area contributed by atoms with Gasteiger partial charge in [0.15, 0.2) is 5.78 Å². The van der Waals surface area contributed by atoms with Crippen LogP contribution < -0.4 is 0 Å². The summed E-state index contributed by atoms with van der Waals surface area (Å²) in [6.45, 7) is 0. The number of hydrogen-bond donors (Lipinski definition) is 0. The summed E-state index contributed by atoms with van der Waals surface area (Å²) in [7, 11) is 0. The van der Waals surface area contributed by atoms with Gasteiger partial charge in [-0.3, -0.25) is 4.79 Å². The summed E-state index contributed by atoms with van der Waals surface area (Å²) in [5.41, 5.74) is 2.65. The minimum atomic E-state index is 0.367. The van der Waals surface area contributed by atoms with Gasteiger partial charge in [0.1, 0.15) is 0 Å². The molecule has 2 aliphatic carbocycles. The summed E-state index contributed by atoms with van der Waals surface area (Å²) < 4.78 is 0. The lowest BCUT2D eigenvalue weighted by molar-refractivity contribution is -0.115. The Morgan fingerprint density at radius 1 is 0.645 bits per heavy atom. The highest BCUT2D eigenvalue weighted by atomic mass is 32.2. The van der Waals surface area contributed by atoms with E-state index in [0.717, 1.165) is 24.8 Å². The van der Waals surface area contributed by atoms with Gasteiger partial charge in [0.05, 0.1) is 0 Å². The average molecular weight is 443 g/mol. The molecule has 0 spiro atoms. The number of unbranched alkanes of at least 4 members (excludes halogenated alkanes) is 12. The molecule has 2 aliphatic rings. The van der Waals surface area contributed by atoms with Crippen LogP contribution in [0.15, 0.2) is 47.6 Å². The molecule has 0 unspecified atom stereocenters. The van der Waals surface area contributed by atoms with Crippen LogP contribution in [-0.4, -0.2) is 17.3 Å². The zero-order valence-corrected chi connectivity index (χ0v) is 20.7. The van der Waals surface area contributed by atoms with Gasteiger partial charge in [-0.15, -0.1) is 0 Å². The average Bonchev–Trinajstić information content (AvgIpc) is 3.49. The van der Waals surface area contributed by atoms with E-state index in [4.69, 9.17) is 0 Å². The van der Waals surface area contributed by atoms with Crippen LogP contribution in [0.4, 0.5) is 0 Å². The van der Waals surface area contributed by atoms with Crippen LogP contribution in [0.25, 0.3) is 0 Å². The lowest BCUT2D eigenvalue weighted by atomic mass is 10.0. The van der Waals surface area contributed by atoms with E-state index in [2.05, 4.69) is 36.1 Å². The predicted octanol–water partition coefficient (Wildman–Crippen LogP) is 9.30. The summed E-state index contributed by atoms with van der Waals surface area (Å²) in [5.74, 6) is 3.04. The first kappa shape index (κ1) is 26.2. The maximum atomic E-state index is 11.9. The highest BCUT2D eigenvalue weighted by molar-refractivity contribution is 7.99. The molecule has 0 aromatic carbocycles. The minimum Gasteiger partial charge on any atom is -0.295 e. The molecule has 0 amide bonds. The van der Waals surface area contributed by atoms with Crippen molar-refractivity contribution in [2.24, 2.45) is 0 Å². The van der Waals surface area contributed by atoms with Crippen molar-refractivity contribution in [3.05, 3.63) is 47.6 Å². The second-order valence-corrected chi connectivity index (χ2v) is 10.5. The molecule has 0 radical (unpaired) electrons. The molecule has 0 atom stereocenters. The fraction of sp³-hybridized carbons (Fsp3) is 0.690. The first-order chi connectivity index (χ1) is 15.4. The van der Waals surface area contributed by atoms with Gasteiger partial charge in [0.2, 0.25) is 0 Å². The zero-order chi connectivity index (χ0) is 21.8. The van der Waals surface area contributed by atoms with Crippen LogP contribution in [0.5, 0.6) is 0 Å². The van der Waals surface area contributed by atoms with Gasteiger partial charge in [0.25, 0.3) is 0 Å². The van der Waals surface area contributed by atoms with Crippen LogP contribution in [0, 0.1) is 0 Å². The summed E-state index contributed by atoms with van der Waals surface area (Å²) in [6.07, 6.45) is 36.1. The Hall–Kier alpha value is -1.02. The largest absolute Gasteiger partial charge is 0.295 e. The van der Waals surface area contributed by atoms with Gasteiger partial charge in [-0.25, -0.2) is 0 Å². The van der Waals surface area contributed by atoms with Crippen LogP contribution in [0.3, 0.4) is 0 Å². The number of Topliss-reactive ketones (excluding diaryl/α,β-unsaturated/α-hetero) is 1. The van der Waals surface area contributed by atoms with E-state index < -0.39 is 0 Å². The second kappa shape index (κ2) is 18.5. The van der Waals surface area contributed by atoms with Crippen molar-refractivity contribution in [2.75, 3.05) is 11.5 Å². The van der Waals surface area contributed by atoms with E-state index in [-0.39, 0.29) is 0 Å². The van der Waals surface area contributed by atoms with Crippen molar-refractivity contribution in [3.63, 3.8) is 0 Å². The van der Waals surface area contributed by atoms with Crippen molar-refractivity contribution in [2.45, 2.75) is 116 Å². The van der Waals surface area contributed by atoms with Gasteiger partial charge in [-0.2, -0.15) is 11.8 Å². The Kier molecular flexibility index (Phi) is 15.7. The monoisotopic (exact) mass is 442 g/mol. The fourth-order valence-corrected chi connectivity index (χ4v) is 5.43. The van der Waals surface area contributed by atoms with Crippen molar-refractivity contribution >= 4 is 17.5 Å². The molecule has 2 rings (SSSR count). The SMILES string of the molecule is O=C(CCCCCCCSCCCCCCCCCCCC1=CC=CC1)C1=CC=CC1. The third-order valence-electron chi connectivity index (χ3n) is 6.46. The van der Waals surface area contributed by atoms with Gasteiger partial charge in [-0.1, -0.05) is 106 Å². The number of carbonyl (C=O) groups is 1. The van der Waals surface area contributed by atoms with E-state index in [0.29, 0.717) is 5.78 Å². The van der Waals surface area contributed by atoms with Crippen LogP contribution in [0.2, 0.25) is 0 Å². The van der Waals surface area contributed by atoms with Crippen molar-refractivity contribution < 1.29 is 4.79 Å². The van der Waals surface area contributed by atoms with E-state index in [9.17, 15) is 4.79 Å². The van der Waals surface area contributed by atoms with E-state index in [1.807, 2.05) is 12.2 Å². The summed E-state index contributed by atoms with van der Waals surface area (Å²) in [4.78, 5) is 11.9. The highest BCUT2D eigenvalue weighted by Crippen LogP contribution is 2.19. The standard InChI is InChI=1S/C29H46OS/c30-29(28-22-15-16-23-28)24-12-8-6-10-18-26-31-25-17-9-5-3-1-2-4-7-11-19-27-20-13-14-21-27/h13-16,20,22H,1-12,17-19,21,23-26H2. The molecule has 174 valence electrons. The maximum absolute atomic E-state index is 11.9. The van der Waals surface area contributed by atoms with Crippen molar-refractivity contribution in [3.8, 4) is 0 Å². The molecule has 0 bridgehead atoms. The van der Waals surface area contributed by atoms with Crippen LogP contribution in [0.1, 0.15) is 116 Å². The Labute approximate surface area is 196 Å². The van der Waals surface area contributed by atoms with Crippen molar-refractivity contribution in [1.82, 2.24) is 0 Å². The summed E-state index contributed by atoms with van der Waals surface area (Å²) in [6, 6.07) is 0. The number of carbonyl (C=O) groups excluding carboxylic acids is 1. The first-order valence-corrected chi connectivity index (χ1v) is 14.3. The smallest absolute Gasteiger partial charge is 0.159 e. The van der Waals surface area contributed by atoms with Gasteiger partial charge >= 0.3 is 0 Å². The molecule has 0 saturated carbocycles. The molecule has 0 aromatic heterocycles. The lowest BCUT2D eigenvalue weighted by Gasteiger charge is -2.04. The lowest BCUT2D eigenvalue weighted by Crippen LogP contribution is -2.00. The molecule has 0 aromatic rings. The number of rotatable bonds is 21. The molecule has 0 saturated heterocycles. The Bertz CT molecular complexity index is 596. The van der Waals surface area contributed by atoms with E-state index in [1.54, 1.807) is 5.57 Å². The zero-order valence-electron chi connectivity index (χ0n) is 19.9. The van der Waals surface area contributed by atoms with E-state index in [1.165, 1.54) is 108 Å². The molecular formula is C29H46OS. The number of hydrogen-bond acceptors (Lipinski definition) is 2. The molecule has 0 aliphatic heterocycles. The minimum absolute atomic E-state index is 0.367. The Balaban J connectivity index is 1.20. The fourth-order valence-electron chi connectivity index (χ4n) is 4.41. The first-order valence-electron chi connectivity index (χ1n) is 13.2. The number of allylic oxidation sites excluding steroid dienone is 8. The molecule has 2 heteroatoms. The molecule has 31 heavy (non-hydrogen) atoms. The van der Waals surface area contributed by atoms with Crippen LogP contribution in [-0.2, 0) is 4.79 Å². The Morgan fingerprint density at radius 2 is 1.19 bits per heavy atom. The molecule has 0 fully saturated rings. The predicted molar refractivity (Wildman–Crippen MR) is 140 cm³/mol. The third kappa shape index (κ3) is 13.9. The van der Waals surface area contributed by atoms with Gasteiger partial charge in [-0.05, 0) is 62.0 Å². The normalized spacial score (nSPS) is 15.0. The number of thioether (sulfide) groups is 1. The maximum Gasteiger partial charge on any atom is 0.159 e. The van der Waals surface area contributed by atoms with Crippen molar-refractivity contribution in [1.29, 1.82) is 0 Å². The molecule has 0 heterocycles. The second-order valence-electron chi connectivity index (χ2n) is 9.27. The molecule has 1 nitrogen and oxygen atoms in total. The highest BCUT2D eigenvalue weighted by Gasteiger charge is 2.09. The third-order valence-corrected chi connectivity index (χ3v) is 7.61. The van der Waals surface area contributed by atoms with Gasteiger partial charge < -0.3 is 0 Å². The van der Waals surface area contributed by atoms with Crippen LogP contribution >= 0.6 is 11.8 Å². The number of ketones is 1. The summed E-state index contributed by atoms with van der Waals surface area (Å²) >= 11 is 2.15. The quantitative estimate of drug-likeness (QED) is 0.165. The molecular weight excluding hydrogens is 396 g/mol. The summed E-state index contributed by atoms with van der Waals surface area (Å²) in [5, 5.41) is 0.